The van der Waals surface area contributed by atoms with E-state index in [-0.39, 0.29) is 8.76 Å². The summed E-state index contributed by atoms with van der Waals surface area (Å²) in [4.78, 5) is 12.4. The second-order valence-corrected chi connectivity index (χ2v) is 8.24. The van der Waals surface area contributed by atoms with Gasteiger partial charge in [-0.15, -0.1) is 11.8 Å². The van der Waals surface area contributed by atoms with E-state index in [1.165, 1.54) is 23.4 Å². The molecule has 1 aliphatic heterocycles. The van der Waals surface area contributed by atoms with Crippen molar-refractivity contribution in [1.29, 1.82) is 0 Å². The summed E-state index contributed by atoms with van der Waals surface area (Å²) in [7, 11) is 3.55. The molecule has 1 heterocycles. The third-order valence-corrected chi connectivity index (χ3v) is 5.74. The van der Waals surface area contributed by atoms with Crippen LogP contribution in [-0.2, 0) is 4.79 Å². The number of nitrogens with zero attached hydrogens (tertiary/aromatic N) is 1. The number of hydrogen-bond donors (Lipinski definition) is 1. The van der Waals surface area contributed by atoms with Gasteiger partial charge in [-0.25, -0.2) is 0 Å². The van der Waals surface area contributed by atoms with Gasteiger partial charge in [0, 0.05) is 28.6 Å². The molecule has 0 spiro atoms. The van der Waals surface area contributed by atoms with Gasteiger partial charge in [-0.1, -0.05) is 39.0 Å². The highest BCUT2D eigenvalue weighted by Crippen LogP contribution is 2.41. The van der Waals surface area contributed by atoms with Crippen LogP contribution >= 0.6 is 23.5 Å². The molecule has 23 heavy (non-hydrogen) atoms. The zero-order chi connectivity index (χ0) is 17.2. The molecule has 0 radical (unpaired) electrons. The van der Waals surface area contributed by atoms with Crippen LogP contribution in [0.15, 0.2) is 24.3 Å². The Hall–Kier alpha value is -0.810. The number of anilines is 1. The van der Waals surface area contributed by atoms with Crippen LogP contribution in [0.25, 0.3) is 0 Å². The fourth-order valence-electron chi connectivity index (χ4n) is 2.46. The molecule has 0 aromatic heterocycles. The van der Waals surface area contributed by atoms with Crippen molar-refractivity contribution in [1.82, 2.24) is 4.90 Å². The van der Waals surface area contributed by atoms with Crippen molar-refractivity contribution < 1.29 is 7.65 Å². The van der Waals surface area contributed by atoms with E-state index in [2.05, 4.69) is 43.4 Å². The van der Waals surface area contributed by atoms with Crippen molar-refractivity contribution in [3.8, 4) is 0 Å². The lowest BCUT2D eigenvalue weighted by molar-refractivity contribution is -0.125. The van der Waals surface area contributed by atoms with Gasteiger partial charge in [0.1, 0.15) is 0 Å². The zero-order valence-corrected chi connectivity index (χ0v) is 16.6. The number of benzene rings is 1. The van der Waals surface area contributed by atoms with E-state index in [9.17, 15) is 4.79 Å². The van der Waals surface area contributed by atoms with E-state index in [0.717, 1.165) is 5.75 Å². The summed E-state index contributed by atoms with van der Waals surface area (Å²) in [6.45, 7) is 6.55. The zero-order valence-electron chi connectivity index (χ0n) is 15.0. The standard InChI is InChI=1S/C12H17NS.C6H13NOS.2H2/c1-3-9-10-7-5-6-8-11(10)13-12(9)14-4-2;1-4-9-5-6(8)7(2)3;;/h5-9,12-13H,3-4H2,1-2H3;4-5H2,1-3H3;2*1H. The maximum atomic E-state index is 10.8. The van der Waals surface area contributed by atoms with Crippen LogP contribution in [0, 0.1) is 0 Å². The summed E-state index contributed by atoms with van der Waals surface area (Å²) in [5.74, 6) is 3.70. The molecule has 5 heteroatoms. The molecule has 0 saturated heterocycles. The SMILES string of the molecule is CCSC1Nc2ccccc2C1CC.CCSCC(=O)N(C)C.[HH].[HH]. The highest BCUT2D eigenvalue weighted by Gasteiger charge is 2.29. The lowest BCUT2D eigenvalue weighted by atomic mass is 9.99. The van der Waals surface area contributed by atoms with Gasteiger partial charge in [0.05, 0.1) is 11.1 Å². The average molecular weight is 359 g/mol. The molecular formula is C18H34N2OS2. The molecule has 2 unspecified atom stereocenters. The van der Waals surface area contributed by atoms with Crippen molar-refractivity contribution >= 4 is 35.1 Å². The first-order valence-electron chi connectivity index (χ1n) is 8.30. The molecular weight excluding hydrogens is 324 g/mol. The Morgan fingerprint density at radius 2 is 1.91 bits per heavy atom. The van der Waals surface area contributed by atoms with Crippen molar-refractivity contribution in [3.05, 3.63) is 29.8 Å². The van der Waals surface area contributed by atoms with E-state index in [1.54, 1.807) is 30.8 Å². The van der Waals surface area contributed by atoms with E-state index < -0.39 is 0 Å². The van der Waals surface area contributed by atoms with Crippen LogP contribution in [-0.4, -0.2) is 47.5 Å². The summed E-state index contributed by atoms with van der Waals surface area (Å²) in [5, 5.41) is 4.18. The summed E-state index contributed by atoms with van der Waals surface area (Å²) in [6.07, 6.45) is 1.22. The second kappa shape index (κ2) is 10.9. The number of fused-ring (bicyclic) bond motifs is 1. The van der Waals surface area contributed by atoms with Gasteiger partial charge < -0.3 is 10.2 Å². The van der Waals surface area contributed by atoms with Gasteiger partial charge in [0.15, 0.2) is 0 Å². The minimum absolute atomic E-state index is 0. The predicted molar refractivity (Wildman–Crippen MR) is 111 cm³/mol. The van der Waals surface area contributed by atoms with Gasteiger partial charge >= 0.3 is 0 Å². The molecule has 0 bridgehead atoms. The third-order valence-electron chi connectivity index (χ3n) is 3.74. The fourth-order valence-corrected chi connectivity index (χ4v) is 4.24. The number of hydrogen-bond acceptors (Lipinski definition) is 4. The van der Waals surface area contributed by atoms with Gasteiger partial charge in [-0.2, -0.15) is 11.8 Å². The van der Waals surface area contributed by atoms with Gasteiger partial charge in [-0.3, -0.25) is 4.79 Å². The third kappa shape index (κ3) is 6.30. The molecule has 1 aromatic rings. The number of thioether (sulfide) groups is 2. The lowest BCUT2D eigenvalue weighted by Crippen LogP contribution is -2.23. The van der Waals surface area contributed by atoms with E-state index in [4.69, 9.17) is 0 Å². The number of carbonyl (C=O) groups excluding carboxylic acids is 1. The Bertz CT molecular complexity index is 490. The Kier molecular flexibility index (Phi) is 9.56. The number of nitrogens with one attached hydrogen (secondary N) is 1. The number of rotatable bonds is 6. The molecule has 0 saturated carbocycles. The second-order valence-electron chi connectivity index (χ2n) is 5.55. The first-order valence-corrected chi connectivity index (χ1v) is 10.5. The minimum Gasteiger partial charge on any atom is -0.372 e. The van der Waals surface area contributed by atoms with Crippen LogP contribution in [0.3, 0.4) is 0 Å². The molecule has 2 atom stereocenters. The Morgan fingerprint density at radius 3 is 2.48 bits per heavy atom. The Labute approximate surface area is 152 Å². The average Bonchev–Trinajstić information content (AvgIpc) is 2.90. The number of para-hydroxylation sites is 1. The van der Waals surface area contributed by atoms with Crippen molar-refractivity contribution in [2.75, 3.05) is 36.7 Å². The predicted octanol–water partition coefficient (Wildman–Crippen LogP) is 5.00. The van der Waals surface area contributed by atoms with Gasteiger partial charge in [-0.05, 0) is 29.6 Å². The van der Waals surface area contributed by atoms with Crippen LogP contribution in [0.2, 0.25) is 0 Å². The Morgan fingerprint density at radius 1 is 1.22 bits per heavy atom. The molecule has 134 valence electrons. The molecule has 0 fully saturated rings. The van der Waals surface area contributed by atoms with E-state index >= 15 is 0 Å². The monoisotopic (exact) mass is 358 g/mol. The molecule has 2 rings (SSSR count). The quantitative estimate of drug-likeness (QED) is 0.775. The largest absolute Gasteiger partial charge is 0.372 e. The number of amides is 1. The van der Waals surface area contributed by atoms with Crippen molar-refractivity contribution in [2.45, 2.75) is 38.5 Å². The maximum Gasteiger partial charge on any atom is 0.232 e. The van der Waals surface area contributed by atoms with Gasteiger partial charge in [0.2, 0.25) is 5.91 Å². The van der Waals surface area contributed by atoms with Crippen molar-refractivity contribution in [2.24, 2.45) is 0 Å². The first-order chi connectivity index (χ1) is 11.0. The van der Waals surface area contributed by atoms with Crippen LogP contribution in [0.1, 0.15) is 41.5 Å². The minimum atomic E-state index is 0. The highest BCUT2D eigenvalue weighted by molar-refractivity contribution is 8.00. The maximum absolute atomic E-state index is 10.8. The fraction of sp³-hybridized carbons (Fsp3) is 0.611. The van der Waals surface area contributed by atoms with Gasteiger partial charge in [0.25, 0.3) is 0 Å². The van der Waals surface area contributed by atoms with Crippen molar-refractivity contribution in [3.63, 3.8) is 0 Å². The number of carbonyl (C=O) groups is 1. The van der Waals surface area contributed by atoms with Crippen LogP contribution < -0.4 is 5.32 Å². The normalized spacial score (nSPS) is 18.5. The van der Waals surface area contributed by atoms with E-state index in [1.807, 2.05) is 18.7 Å². The van der Waals surface area contributed by atoms with E-state index in [0.29, 0.717) is 17.0 Å². The summed E-state index contributed by atoms with van der Waals surface area (Å²) < 4.78 is 0. The molecule has 3 nitrogen and oxygen atoms in total. The van der Waals surface area contributed by atoms with Crippen LogP contribution in [0.4, 0.5) is 5.69 Å². The summed E-state index contributed by atoms with van der Waals surface area (Å²) >= 11 is 3.67. The highest BCUT2D eigenvalue weighted by atomic mass is 32.2. The Balaban J connectivity index is 0. The summed E-state index contributed by atoms with van der Waals surface area (Å²) in [6, 6.07) is 8.70. The first kappa shape index (κ1) is 20.2. The molecule has 1 aromatic carbocycles. The summed E-state index contributed by atoms with van der Waals surface area (Å²) in [5.41, 5.74) is 2.84. The smallest absolute Gasteiger partial charge is 0.232 e. The molecule has 1 amide bonds. The lowest BCUT2D eigenvalue weighted by Gasteiger charge is -2.17. The topological polar surface area (TPSA) is 32.3 Å². The molecule has 1 aliphatic rings. The molecule has 0 aliphatic carbocycles. The van der Waals surface area contributed by atoms with Crippen LogP contribution in [0.5, 0.6) is 0 Å². The molecule has 1 N–H and O–H groups in total.